The van der Waals surface area contributed by atoms with Gasteiger partial charge in [-0.3, -0.25) is 0 Å². The number of nitrogens with one attached hydrogen (secondary N) is 1. The van der Waals surface area contributed by atoms with Crippen LogP contribution < -0.4 is 0 Å². The second kappa shape index (κ2) is 11.7. The number of carbonyl (C=O) groups is 2. The molecule has 0 amide bonds. The van der Waals surface area contributed by atoms with Crippen LogP contribution in [0.25, 0.3) is 0 Å². The number of hydrogen-bond acceptors (Lipinski definition) is 10. The molecule has 0 unspecified atom stereocenters. The molecule has 2 heterocycles. The second-order valence-corrected chi connectivity index (χ2v) is 5.76. The van der Waals surface area contributed by atoms with Crippen molar-refractivity contribution in [2.24, 2.45) is 0 Å². The van der Waals surface area contributed by atoms with Gasteiger partial charge in [-0.15, -0.1) is 0 Å². The quantitative estimate of drug-likeness (QED) is 0.518. The average molecular weight is 452 g/mol. The maximum Gasteiger partial charge on any atom is 0.476 e. The maximum absolute atomic E-state index is 12.4. The molecule has 0 radical (unpaired) electrons. The number of hydrogen-bond donors (Lipinski definition) is 1. The minimum atomic E-state index is -5.67. The molecular formula is C11H15F3N4O8S2. The van der Waals surface area contributed by atoms with Crippen molar-refractivity contribution in [3.05, 3.63) is 36.4 Å². The van der Waals surface area contributed by atoms with Crippen LogP contribution in [0.3, 0.4) is 0 Å². The number of aromatic amines is 1. The van der Waals surface area contributed by atoms with E-state index in [2.05, 4.69) is 24.4 Å². The van der Waals surface area contributed by atoms with Crippen LogP contribution in [-0.2, 0) is 30.5 Å². The molecule has 0 atom stereocenters. The Bertz CT molecular complexity index is 950. The molecule has 160 valence electrons. The molecule has 0 bridgehead atoms. The van der Waals surface area contributed by atoms with E-state index in [-0.39, 0.29) is 17.2 Å². The van der Waals surface area contributed by atoms with Gasteiger partial charge in [-0.25, -0.2) is 19.6 Å². The smallest absolute Gasteiger partial charge is 0.463 e. The molecule has 0 aromatic carbocycles. The lowest BCUT2D eigenvalue weighted by atomic mass is 10.6. The maximum atomic E-state index is 12.4. The third-order valence-electron chi connectivity index (χ3n) is 2.09. The van der Waals surface area contributed by atoms with Gasteiger partial charge in [0.05, 0.1) is 14.2 Å². The number of nitrogens with zero attached hydrogens (tertiary/aromatic N) is 3. The number of aromatic nitrogens is 4. The highest BCUT2D eigenvalue weighted by atomic mass is 32.3. The lowest BCUT2D eigenvalue weighted by Gasteiger charge is -1.99. The predicted octanol–water partition coefficient (Wildman–Crippen LogP) is 0.735. The van der Waals surface area contributed by atoms with Gasteiger partial charge >= 0.3 is 33.0 Å². The summed E-state index contributed by atoms with van der Waals surface area (Å²) in [6.07, 6.45) is 4.84. The average Bonchev–Trinajstić information content (AvgIpc) is 3.22. The number of rotatable bonds is 3. The summed E-state index contributed by atoms with van der Waals surface area (Å²) >= 11 is 0. The molecule has 2 aromatic heterocycles. The fourth-order valence-corrected chi connectivity index (χ4v) is 1.70. The van der Waals surface area contributed by atoms with E-state index < -0.39 is 38.8 Å². The summed E-state index contributed by atoms with van der Waals surface area (Å²) in [6, 6.07) is 0. The monoisotopic (exact) mass is 452 g/mol. The van der Waals surface area contributed by atoms with Crippen LogP contribution in [0, 0.1) is 0 Å². The van der Waals surface area contributed by atoms with Crippen LogP contribution in [0.15, 0.2) is 24.8 Å². The van der Waals surface area contributed by atoms with Crippen molar-refractivity contribution in [2.75, 3.05) is 14.2 Å². The minimum absolute atomic E-state index is 0. The van der Waals surface area contributed by atoms with E-state index in [9.17, 15) is 29.7 Å². The van der Waals surface area contributed by atoms with Crippen LogP contribution in [0.5, 0.6) is 0 Å². The first kappa shape index (κ1) is 27.3. The summed E-state index contributed by atoms with van der Waals surface area (Å²) in [5.74, 6) is -1.85. The first-order valence-electron chi connectivity index (χ1n) is 6.10. The van der Waals surface area contributed by atoms with Crippen LogP contribution >= 0.6 is 0 Å². The largest absolute Gasteiger partial charge is 0.476 e. The number of imidazole rings is 2. The van der Waals surface area contributed by atoms with E-state index in [1.54, 1.807) is 6.20 Å². The summed E-state index contributed by atoms with van der Waals surface area (Å²) in [6.45, 7) is 0. The van der Waals surface area contributed by atoms with Gasteiger partial charge in [0.15, 0.2) is 0 Å². The topological polar surface area (TPSA) is 167 Å². The van der Waals surface area contributed by atoms with Gasteiger partial charge < -0.3 is 14.5 Å². The molecule has 2 aromatic rings. The molecule has 0 saturated heterocycles. The Balaban J connectivity index is 0. The zero-order valence-corrected chi connectivity index (χ0v) is 15.0. The van der Waals surface area contributed by atoms with E-state index >= 15 is 0 Å². The van der Waals surface area contributed by atoms with Crippen LogP contribution in [0.4, 0.5) is 11.7 Å². The van der Waals surface area contributed by atoms with E-state index in [0.717, 1.165) is 19.5 Å². The highest BCUT2D eigenvalue weighted by Crippen LogP contribution is 2.05. The molecule has 0 fully saturated rings. The van der Waals surface area contributed by atoms with Gasteiger partial charge in [-0.2, -0.15) is 20.8 Å². The Kier molecular flexibility index (Phi) is 11.4. The van der Waals surface area contributed by atoms with E-state index in [0.29, 0.717) is 0 Å². The van der Waals surface area contributed by atoms with Crippen LogP contribution in [-0.4, -0.2) is 61.9 Å². The Hall–Kier alpha value is -2.95. The second-order valence-electron chi connectivity index (χ2n) is 3.79. The van der Waals surface area contributed by atoms with Gasteiger partial charge in [0.25, 0.3) is 0 Å². The zero-order valence-electron chi connectivity index (χ0n) is 13.4. The summed E-state index contributed by atoms with van der Waals surface area (Å²) < 4.78 is 78.4. The van der Waals surface area contributed by atoms with Gasteiger partial charge in [0, 0.05) is 24.8 Å². The molecule has 17 heteroatoms. The SMILES string of the molecule is C.COC(=O)c1ncc[nH]1.COC(=O)c1nccn1S(=O)(=O)F.O=S(=O)(F)F. The molecular weight excluding hydrogens is 437 g/mol. The van der Waals surface area contributed by atoms with Crippen molar-refractivity contribution in [2.45, 2.75) is 7.43 Å². The molecule has 0 aliphatic heterocycles. The van der Waals surface area contributed by atoms with E-state index in [1.807, 2.05) is 0 Å². The third-order valence-corrected chi connectivity index (χ3v) is 2.85. The van der Waals surface area contributed by atoms with Crippen molar-refractivity contribution in [3.8, 4) is 0 Å². The molecule has 0 spiro atoms. The number of ether oxygens (including phenoxy) is 2. The number of carbonyl (C=O) groups excluding carboxylic acids is 2. The van der Waals surface area contributed by atoms with Gasteiger partial charge in [-0.1, -0.05) is 19.1 Å². The van der Waals surface area contributed by atoms with Crippen LogP contribution in [0.1, 0.15) is 28.7 Å². The van der Waals surface area contributed by atoms with Gasteiger partial charge in [0.2, 0.25) is 11.6 Å². The van der Waals surface area contributed by atoms with Crippen molar-refractivity contribution >= 4 is 33.0 Å². The van der Waals surface area contributed by atoms with Crippen molar-refractivity contribution in [1.82, 2.24) is 18.9 Å². The Morgan fingerprint density at radius 1 is 1.00 bits per heavy atom. The van der Waals surface area contributed by atoms with Crippen molar-refractivity contribution in [3.63, 3.8) is 0 Å². The van der Waals surface area contributed by atoms with Crippen molar-refractivity contribution in [1.29, 1.82) is 0 Å². The highest BCUT2D eigenvalue weighted by Gasteiger charge is 2.21. The standard InChI is InChI=1S/C5H5FN2O4S.C5H6N2O2.CH4.F2O2S/c1-12-5(9)4-7-2-3-8(4)13(6,10)11;1-9-5(8)4-6-2-3-7-4;;1-5(2,3)4/h2-3H,1H3;2-3H,1H3,(H,6,7);1H4;. The third kappa shape index (κ3) is 10.9. The van der Waals surface area contributed by atoms with E-state index in [4.69, 9.17) is 8.42 Å². The Morgan fingerprint density at radius 3 is 1.86 bits per heavy atom. The number of esters is 2. The zero-order chi connectivity index (χ0) is 21.3. The van der Waals surface area contributed by atoms with Crippen molar-refractivity contribution < 1.29 is 47.6 Å². The van der Waals surface area contributed by atoms with Gasteiger partial charge in [-0.05, 0) is 0 Å². The minimum Gasteiger partial charge on any atom is -0.463 e. The molecule has 12 nitrogen and oxygen atoms in total. The summed E-state index contributed by atoms with van der Waals surface area (Å²) in [4.78, 5) is 30.9. The molecule has 2 rings (SSSR count). The molecule has 0 aliphatic carbocycles. The number of H-pyrrole nitrogens is 1. The highest BCUT2D eigenvalue weighted by molar-refractivity contribution is 7.84. The Labute approximate surface area is 158 Å². The molecule has 28 heavy (non-hydrogen) atoms. The van der Waals surface area contributed by atoms with Gasteiger partial charge in [0.1, 0.15) is 0 Å². The fraction of sp³-hybridized carbons (Fsp3) is 0.273. The summed E-state index contributed by atoms with van der Waals surface area (Å²) in [5.41, 5.74) is 0. The first-order chi connectivity index (χ1) is 12.3. The summed E-state index contributed by atoms with van der Waals surface area (Å²) in [7, 11) is -8.31. The lowest BCUT2D eigenvalue weighted by molar-refractivity contribution is 0.0578. The molecule has 0 aliphatic rings. The molecule has 1 N–H and O–H groups in total. The number of halogens is 3. The summed E-state index contributed by atoms with van der Waals surface area (Å²) in [5, 5.41) is 0. The fourth-order valence-electron chi connectivity index (χ4n) is 1.18. The van der Waals surface area contributed by atoms with Crippen LogP contribution in [0.2, 0.25) is 0 Å². The van der Waals surface area contributed by atoms with E-state index in [1.165, 1.54) is 13.3 Å². The Morgan fingerprint density at radius 2 is 1.50 bits per heavy atom. The number of methoxy groups -OCH3 is 2. The first-order valence-corrected chi connectivity index (χ1v) is 8.72. The lowest BCUT2D eigenvalue weighted by Crippen LogP contribution is -2.15. The molecule has 0 saturated carbocycles. The predicted molar refractivity (Wildman–Crippen MR) is 86.8 cm³/mol. The normalized spacial score (nSPS) is 10.2.